The highest BCUT2D eigenvalue weighted by molar-refractivity contribution is 5.98. The number of hydrogen-bond acceptors (Lipinski definition) is 4. The van der Waals surface area contributed by atoms with Gasteiger partial charge in [0.1, 0.15) is 17.1 Å². The van der Waals surface area contributed by atoms with E-state index in [9.17, 15) is 9.90 Å². The average Bonchev–Trinajstić information content (AvgIpc) is 2.61. The van der Waals surface area contributed by atoms with E-state index in [0.29, 0.717) is 23.6 Å². The summed E-state index contributed by atoms with van der Waals surface area (Å²) in [4.78, 5) is 16.0. The Morgan fingerprint density at radius 2 is 1.96 bits per heavy atom. The minimum atomic E-state index is -0.998. The van der Waals surface area contributed by atoms with Crippen molar-refractivity contribution in [1.82, 2.24) is 4.98 Å². The van der Waals surface area contributed by atoms with Crippen molar-refractivity contribution in [3.05, 3.63) is 65.7 Å². The van der Waals surface area contributed by atoms with Crippen molar-refractivity contribution < 1.29 is 14.6 Å². The zero-order chi connectivity index (χ0) is 16.9. The van der Waals surface area contributed by atoms with Crippen LogP contribution < -0.4 is 10.1 Å². The fourth-order valence-corrected chi connectivity index (χ4v) is 2.54. The molecule has 0 spiro atoms. The SMILES string of the molecule is COc1ccc2cc(C(=O)O)c(NCCc3ccccc3)nc2c1. The number of benzene rings is 2. The van der Waals surface area contributed by atoms with Gasteiger partial charge in [0, 0.05) is 18.0 Å². The number of nitrogens with one attached hydrogen (secondary N) is 1. The molecule has 0 fully saturated rings. The first-order valence-electron chi connectivity index (χ1n) is 7.67. The summed E-state index contributed by atoms with van der Waals surface area (Å²) in [6.07, 6.45) is 0.789. The van der Waals surface area contributed by atoms with Crippen LogP contribution in [0.5, 0.6) is 5.75 Å². The molecule has 0 saturated carbocycles. The third-order valence-electron chi connectivity index (χ3n) is 3.80. The monoisotopic (exact) mass is 322 g/mol. The van der Waals surface area contributed by atoms with Gasteiger partial charge in [-0.2, -0.15) is 0 Å². The second kappa shape index (κ2) is 7.00. The van der Waals surface area contributed by atoms with Crippen molar-refractivity contribution in [2.75, 3.05) is 19.0 Å². The minimum Gasteiger partial charge on any atom is -0.497 e. The molecule has 5 nitrogen and oxygen atoms in total. The van der Waals surface area contributed by atoms with Gasteiger partial charge in [-0.15, -0.1) is 0 Å². The van der Waals surface area contributed by atoms with Gasteiger partial charge < -0.3 is 15.2 Å². The van der Waals surface area contributed by atoms with E-state index in [1.165, 1.54) is 5.56 Å². The number of aromatic nitrogens is 1. The molecule has 1 heterocycles. The number of nitrogens with zero attached hydrogens (tertiary/aromatic N) is 1. The van der Waals surface area contributed by atoms with Crippen LogP contribution in [0.25, 0.3) is 10.9 Å². The van der Waals surface area contributed by atoms with Crippen molar-refractivity contribution in [3.63, 3.8) is 0 Å². The maximum Gasteiger partial charge on any atom is 0.339 e. The van der Waals surface area contributed by atoms with E-state index in [1.807, 2.05) is 30.3 Å². The first-order valence-corrected chi connectivity index (χ1v) is 7.67. The van der Waals surface area contributed by atoms with Gasteiger partial charge in [0.05, 0.1) is 12.6 Å². The number of anilines is 1. The predicted octanol–water partition coefficient (Wildman–Crippen LogP) is 3.60. The molecule has 2 N–H and O–H groups in total. The van der Waals surface area contributed by atoms with Crippen LogP contribution in [0.4, 0.5) is 5.82 Å². The summed E-state index contributed by atoms with van der Waals surface area (Å²) < 4.78 is 5.20. The van der Waals surface area contributed by atoms with E-state index in [0.717, 1.165) is 11.8 Å². The molecule has 1 aromatic heterocycles. The first kappa shape index (κ1) is 15.8. The van der Waals surface area contributed by atoms with E-state index >= 15 is 0 Å². The zero-order valence-corrected chi connectivity index (χ0v) is 13.3. The number of rotatable bonds is 6. The van der Waals surface area contributed by atoms with Crippen LogP contribution in [-0.2, 0) is 6.42 Å². The van der Waals surface area contributed by atoms with Crippen LogP contribution in [0.2, 0.25) is 0 Å². The van der Waals surface area contributed by atoms with E-state index in [4.69, 9.17) is 4.74 Å². The molecule has 0 amide bonds. The maximum absolute atomic E-state index is 11.5. The third-order valence-corrected chi connectivity index (χ3v) is 3.80. The van der Waals surface area contributed by atoms with Gasteiger partial charge in [0.2, 0.25) is 0 Å². The molecule has 3 aromatic rings. The van der Waals surface area contributed by atoms with Crippen molar-refractivity contribution in [2.45, 2.75) is 6.42 Å². The maximum atomic E-state index is 11.5. The fraction of sp³-hybridized carbons (Fsp3) is 0.158. The Hall–Kier alpha value is -3.08. The van der Waals surface area contributed by atoms with Gasteiger partial charge in [-0.25, -0.2) is 9.78 Å². The lowest BCUT2D eigenvalue weighted by atomic mass is 10.1. The Bertz CT molecular complexity index is 863. The largest absolute Gasteiger partial charge is 0.497 e. The molecule has 3 rings (SSSR count). The number of pyridine rings is 1. The number of carbonyl (C=O) groups is 1. The van der Waals surface area contributed by atoms with Gasteiger partial charge in [-0.3, -0.25) is 0 Å². The lowest BCUT2D eigenvalue weighted by molar-refractivity contribution is 0.0698. The molecule has 0 aliphatic carbocycles. The number of ether oxygens (including phenoxy) is 1. The third kappa shape index (κ3) is 3.46. The fourth-order valence-electron chi connectivity index (χ4n) is 2.54. The Balaban J connectivity index is 1.86. The summed E-state index contributed by atoms with van der Waals surface area (Å²) in [5.41, 5.74) is 2.05. The van der Waals surface area contributed by atoms with Gasteiger partial charge in [-0.05, 0) is 30.2 Å². The Morgan fingerprint density at radius 1 is 1.17 bits per heavy atom. The average molecular weight is 322 g/mol. The molecule has 0 radical (unpaired) electrons. The summed E-state index contributed by atoms with van der Waals surface area (Å²) in [5, 5.41) is 13.3. The summed E-state index contributed by atoms with van der Waals surface area (Å²) in [5.74, 6) is 0.0647. The first-order chi connectivity index (χ1) is 11.7. The topological polar surface area (TPSA) is 71.5 Å². The molecule has 0 saturated heterocycles. The van der Waals surface area contributed by atoms with Crippen LogP contribution in [0.15, 0.2) is 54.6 Å². The summed E-state index contributed by atoms with van der Waals surface area (Å²) in [6.45, 7) is 0.604. The minimum absolute atomic E-state index is 0.167. The van der Waals surface area contributed by atoms with Crippen molar-refractivity contribution in [3.8, 4) is 5.75 Å². The quantitative estimate of drug-likeness (QED) is 0.725. The summed E-state index contributed by atoms with van der Waals surface area (Å²) in [7, 11) is 1.59. The van der Waals surface area contributed by atoms with Gasteiger partial charge in [-0.1, -0.05) is 30.3 Å². The van der Waals surface area contributed by atoms with E-state index in [2.05, 4.69) is 10.3 Å². The Labute approximate surface area is 139 Å². The van der Waals surface area contributed by atoms with E-state index in [1.54, 1.807) is 31.4 Å². The number of carboxylic acid groups (broad SMARTS) is 1. The molecule has 0 unspecified atom stereocenters. The lowest BCUT2D eigenvalue weighted by Gasteiger charge is -2.11. The standard InChI is InChI=1S/C19H18N2O3/c1-24-15-8-7-14-11-16(19(22)23)18(21-17(14)12-15)20-10-9-13-5-3-2-4-6-13/h2-8,11-12H,9-10H2,1H3,(H,20,21)(H,22,23). The highest BCUT2D eigenvalue weighted by Crippen LogP contribution is 2.24. The van der Waals surface area contributed by atoms with Crippen molar-refractivity contribution in [2.24, 2.45) is 0 Å². The molecule has 0 aliphatic rings. The second-order valence-electron chi connectivity index (χ2n) is 5.41. The highest BCUT2D eigenvalue weighted by atomic mass is 16.5. The second-order valence-corrected chi connectivity index (χ2v) is 5.41. The van der Waals surface area contributed by atoms with Crippen LogP contribution >= 0.6 is 0 Å². The molecule has 0 aliphatic heterocycles. The van der Waals surface area contributed by atoms with Crippen molar-refractivity contribution in [1.29, 1.82) is 0 Å². The Morgan fingerprint density at radius 3 is 2.67 bits per heavy atom. The van der Waals surface area contributed by atoms with Gasteiger partial charge in [0.15, 0.2) is 0 Å². The predicted molar refractivity (Wildman–Crippen MR) is 93.9 cm³/mol. The summed E-state index contributed by atoms with van der Waals surface area (Å²) in [6, 6.07) is 17.0. The van der Waals surface area contributed by atoms with Crippen LogP contribution in [0.1, 0.15) is 15.9 Å². The Kier molecular flexibility index (Phi) is 4.61. The van der Waals surface area contributed by atoms with Crippen LogP contribution in [-0.4, -0.2) is 29.7 Å². The van der Waals surface area contributed by atoms with E-state index < -0.39 is 5.97 Å². The normalized spacial score (nSPS) is 10.5. The molecule has 24 heavy (non-hydrogen) atoms. The molecule has 2 aromatic carbocycles. The summed E-state index contributed by atoms with van der Waals surface area (Å²) >= 11 is 0. The number of methoxy groups -OCH3 is 1. The molecule has 0 atom stereocenters. The molecular formula is C19H18N2O3. The molecule has 5 heteroatoms. The van der Waals surface area contributed by atoms with Crippen molar-refractivity contribution >= 4 is 22.7 Å². The van der Waals surface area contributed by atoms with Crippen LogP contribution in [0.3, 0.4) is 0 Å². The number of carboxylic acids is 1. The zero-order valence-electron chi connectivity index (χ0n) is 13.3. The molecular weight excluding hydrogens is 304 g/mol. The number of hydrogen-bond donors (Lipinski definition) is 2. The number of aromatic carboxylic acids is 1. The smallest absolute Gasteiger partial charge is 0.339 e. The lowest BCUT2D eigenvalue weighted by Crippen LogP contribution is -2.11. The van der Waals surface area contributed by atoms with Gasteiger partial charge >= 0.3 is 5.97 Å². The number of fused-ring (bicyclic) bond motifs is 1. The molecule has 122 valence electrons. The van der Waals surface area contributed by atoms with Gasteiger partial charge in [0.25, 0.3) is 0 Å². The molecule has 0 bridgehead atoms. The van der Waals surface area contributed by atoms with E-state index in [-0.39, 0.29) is 5.56 Å². The highest BCUT2D eigenvalue weighted by Gasteiger charge is 2.13. The van der Waals surface area contributed by atoms with Crippen LogP contribution in [0, 0.1) is 0 Å².